The van der Waals surface area contributed by atoms with E-state index < -0.39 is 10.0 Å². The molecule has 1 amide bonds. The minimum Gasteiger partial charge on any atom is -0.339 e. The molecule has 1 aromatic carbocycles. The lowest BCUT2D eigenvalue weighted by atomic mass is 9.97. The summed E-state index contributed by atoms with van der Waals surface area (Å²) < 4.78 is 33.4. The van der Waals surface area contributed by atoms with Crippen LogP contribution in [0.3, 0.4) is 0 Å². The van der Waals surface area contributed by atoms with Gasteiger partial charge in [0.05, 0.1) is 0 Å². The van der Waals surface area contributed by atoms with Gasteiger partial charge in [0.2, 0.25) is 17.6 Å². The quantitative estimate of drug-likeness (QED) is 0.556. The number of sulfonamides is 1. The van der Waals surface area contributed by atoms with Gasteiger partial charge in [-0.05, 0) is 68.9 Å². The van der Waals surface area contributed by atoms with Crippen molar-refractivity contribution in [1.29, 1.82) is 0 Å². The molecule has 3 aromatic rings. The van der Waals surface area contributed by atoms with Gasteiger partial charge in [0.15, 0.2) is 0 Å². The first-order valence-corrected chi connectivity index (χ1v) is 13.4. The van der Waals surface area contributed by atoms with E-state index in [1.165, 1.54) is 4.31 Å². The third-order valence-corrected chi connectivity index (χ3v) is 9.42. The number of carbonyl (C=O) groups is 1. The number of amides is 1. The number of rotatable bonds is 6. The number of aryl methyl sites for hydroxylation is 2. The first-order chi connectivity index (χ1) is 15.8. The predicted molar refractivity (Wildman–Crippen MR) is 126 cm³/mol. The molecule has 10 heteroatoms. The lowest BCUT2D eigenvalue weighted by Crippen LogP contribution is -2.41. The van der Waals surface area contributed by atoms with Gasteiger partial charge < -0.3 is 9.84 Å². The first kappa shape index (κ1) is 22.2. The van der Waals surface area contributed by atoms with Crippen molar-refractivity contribution in [2.45, 2.75) is 49.7 Å². The lowest BCUT2D eigenvalue weighted by molar-refractivity contribution is -0.120. The van der Waals surface area contributed by atoms with Crippen LogP contribution in [-0.2, 0) is 14.8 Å². The molecule has 0 bridgehead atoms. The molecule has 1 aliphatic carbocycles. The Labute approximate surface area is 197 Å². The summed E-state index contributed by atoms with van der Waals surface area (Å²) in [6, 6.07) is 7.55. The predicted octanol–water partition coefficient (Wildman–Crippen LogP) is 4.33. The molecule has 1 saturated heterocycles. The number of aromatic nitrogens is 2. The Balaban J connectivity index is 1.22. The van der Waals surface area contributed by atoms with Crippen LogP contribution in [0.5, 0.6) is 0 Å². The molecule has 2 aliphatic rings. The van der Waals surface area contributed by atoms with E-state index >= 15 is 0 Å². The van der Waals surface area contributed by atoms with Gasteiger partial charge in [-0.15, -0.1) is 11.3 Å². The zero-order valence-corrected chi connectivity index (χ0v) is 20.2. The second-order valence-electron chi connectivity index (χ2n) is 8.93. The van der Waals surface area contributed by atoms with Crippen LogP contribution in [0.2, 0.25) is 0 Å². The average Bonchev–Trinajstić information content (AvgIpc) is 3.29. The molecule has 5 rings (SSSR count). The maximum atomic E-state index is 13.2. The van der Waals surface area contributed by atoms with Gasteiger partial charge >= 0.3 is 0 Å². The van der Waals surface area contributed by atoms with Gasteiger partial charge in [-0.2, -0.15) is 9.29 Å². The fraction of sp³-hybridized carbons (Fsp3) is 0.435. The number of nitrogens with one attached hydrogen (secondary N) is 1. The minimum absolute atomic E-state index is 0.0565. The van der Waals surface area contributed by atoms with Crippen LogP contribution in [0, 0.1) is 19.8 Å². The number of hydrogen-bond acceptors (Lipinski definition) is 7. The Morgan fingerprint density at radius 3 is 2.45 bits per heavy atom. The van der Waals surface area contributed by atoms with Crippen molar-refractivity contribution in [2.75, 3.05) is 18.4 Å². The highest BCUT2D eigenvalue weighted by Gasteiger charge is 2.34. The van der Waals surface area contributed by atoms with E-state index in [4.69, 9.17) is 4.52 Å². The molecule has 174 valence electrons. The fourth-order valence-electron chi connectivity index (χ4n) is 4.19. The zero-order valence-electron chi connectivity index (χ0n) is 18.6. The van der Waals surface area contributed by atoms with E-state index in [-0.39, 0.29) is 16.0 Å². The van der Waals surface area contributed by atoms with Crippen molar-refractivity contribution in [3.63, 3.8) is 0 Å². The van der Waals surface area contributed by atoms with E-state index in [0.29, 0.717) is 49.1 Å². The van der Waals surface area contributed by atoms with Crippen LogP contribution in [0.1, 0.15) is 48.6 Å². The lowest BCUT2D eigenvalue weighted by Gasteiger charge is -2.30. The highest BCUT2D eigenvalue weighted by atomic mass is 32.2. The Morgan fingerprint density at radius 2 is 1.79 bits per heavy atom. The van der Waals surface area contributed by atoms with Crippen LogP contribution >= 0.6 is 11.3 Å². The number of benzene rings is 1. The van der Waals surface area contributed by atoms with Crippen LogP contribution in [0.25, 0.3) is 11.4 Å². The molecule has 3 heterocycles. The van der Waals surface area contributed by atoms with E-state index in [9.17, 15) is 13.2 Å². The molecule has 0 unspecified atom stereocenters. The normalized spacial score (nSPS) is 17.9. The minimum atomic E-state index is -3.63. The van der Waals surface area contributed by atoms with Crippen molar-refractivity contribution in [3.05, 3.63) is 46.7 Å². The van der Waals surface area contributed by atoms with Crippen LogP contribution in [0.4, 0.5) is 5.69 Å². The van der Waals surface area contributed by atoms with Gasteiger partial charge in [0.1, 0.15) is 4.21 Å². The first-order valence-electron chi connectivity index (χ1n) is 11.1. The molecule has 1 aliphatic heterocycles. The van der Waals surface area contributed by atoms with Crippen molar-refractivity contribution in [2.24, 2.45) is 5.92 Å². The van der Waals surface area contributed by atoms with Crippen molar-refractivity contribution in [3.8, 4) is 11.4 Å². The largest absolute Gasteiger partial charge is 0.339 e. The molecule has 0 radical (unpaired) electrons. The maximum Gasteiger partial charge on any atom is 0.252 e. The molecule has 2 aromatic heterocycles. The Hall–Kier alpha value is -2.56. The summed E-state index contributed by atoms with van der Waals surface area (Å²) in [4.78, 5) is 17.1. The zero-order chi connectivity index (χ0) is 23.2. The van der Waals surface area contributed by atoms with Gasteiger partial charge in [-0.3, -0.25) is 4.79 Å². The van der Waals surface area contributed by atoms with E-state index in [2.05, 4.69) is 21.5 Å². The molecule has 2 fully saturated rings. The third-order valence-electron chi connectivity index (χ3n) is 6.11. The van der Waals surface area contributed by atoms with Crippen LogP contribution in [-0.4, -0.2) is 41.9 Å². The molecule has 0 spiro atoms. The summed E-state index contributed by atoms with van der Waals surface area (Å²) in [6.45, 7) is 4.61. The van der Waals surface area contributed by atoms with Crippen molar-refractivity contribution in [1.82, 2.24) is 14.4 Å². The molecule has 8 nitrogen and oxygen atoms in total. The summed E-state index contributed by atoms with van der Waals surface area (Å²) in [5, 5.41) is 8.73. The van der Waals surface area contributed by atoms with E-state index in [1.807, 2.05) is 26.0 Å². The number of hydrogen-bond donors (Lipinski definition) is 1. The molecule has 0 atom stereocenters. The standard InChI is InChI=1S/C23H26N4O4S2/c1-14-9-15(2)11-19(10-14)24-22(28)16-5-7-27(8-6-16)33(29,30)20-12-18(13-32-20)21-25-23(31-26-21)17-3-4-17/h9-13,16-17H,3-8H2,1-2H3,(H,24,28). The Morgan fingerprint density at radius 1 is 1.09 bits per heavy atom. The summed E-state index contributed by atoms with van der Waals surface area (Å²) in [5.74, 6) is 1.13. The van der Waals surface area contributed by atoms with Crippen molar-refractivity contribution < 1.29 is 17.7 Å². The molecule has 1 saturated carbocycles. The van der Waals surface area contributed by atoms with Gasteiger partial charge in [0, 0.05) is 41.6 Å². The molecule has 33 heavy (non-hydrogen) atoms. The summed E-state index contributed by atoms with van der Waals surface area (Å²) in [6.07, 6.45) is 3.10. The number of thiophene rings is 1. The summed E-state index contributed by atoms with van der Waals surface area (Å²) >= 11 is 1.16. The SMILES string of the molecule is Cc1cc(C)cc(NC(=O)C2CCN(S(=O)(=O)c3cc(-c4noc(C5CC5)n4)cs3)CC2)c1. The van der Waals surface area contributed by atoms with Gasteiger partial charge in [-0.25, -0.2) is 8.42 Å². The van der Waals surface area contributed by atoms with Gasteiger partial charge in [0.25, 0.3) is 10.0 Å². The monoisotopic (exact) mass is 486 g/mol. The smallest absolute Gasteiger partial charge is 0.252 e. The molecular weight excluding hydrogens is 460 g/mol. The van der Waals surface area contributed by atoms with E-state index in [0.717, 1.165) is 41.0 Å². The Bertz CT molecular complexity index is 1270. The second-order valence-corrected chi connectivity index (χ2v) is 12.0. The van der Waals surface area contributed by atoms with Crippen molar-refractivity contribution >= 4 is 33.0 Å². The topological polar surface area (TPSA) is 105 Å². The number of piperidine rings is 1. The second kappa shape index (κ2) is 8.66. The molecular formula is C23H26N4O4S2. The maximum absolute atomic E-state index is 13.2. The number of nitrogens with zero attached hydrogens (tertiary/aromatic N) is 3. The number of anilines is 1. The summed E-state index contributed by atoms with van der Waals surface area (Å²) in [5.41, 5.74) is 3.61. The van der Waals surface area contributed by atoms with E-state index in [1.54, 1.807) is 11.4 Å². The van der Waals surface area contributed by atoms with Crippen LogP contribution < -0.4 is 5.32 Å². The van der Waals surface area contributed by atoms with Crippen LogP contribution in [0.15, 0.2) is 38.4 Å². The third kappa shape index (κ3) is 4.73. The highest BCUT2D eigenvalue weighted by molar-refractivity contribution is 7.91. The summed E-state index contributed by atoms with van der Waals surface area (Å²) in [7, 11) is -3.63. The average molecular weight is 487 g/mol. The number of carbonyl (C=O) groups excluding carboxylic acids is 1. The molecule has 1 N–H and O–H groups in total. The fourth-order valence-corrected chi connectivity index (χ4v) is 6.97. The van der Waals surface area contributed by atoms with Gasteiger partial charge in [-0.1, -0.05) is 11.2 Å². The Kier molecular flexibility index (Phi) is 5.84. The highest BCUT2D eigenvalue weighted by Crippen LogP contribution is 2.40.